The van der Waals surface area contributed by atoms with Gasteiger partial charge in [0.25, 0.3) is 0 Å². The van der Waals surface area contributed by atoms with Gasteiger partial charge in [-0.25, -0.2) is 0 Å². The van der Waals surface area contributed by atoms with Gasteiger partial charge in [-0.05, 0) is 128 Å². The maximum atomic E-state index is 13.7. The maximum absolute atomic E-state index is 13.7. The number of ketones is 1. The number of aryl methyl sites for hydroxylation is 1. The number of rotatable bonds is 17. The van der Waals surface area contributed by atoms with Crippen molar-refractivity contribution in [3.05, 3.63) is 124 Å². The van der Waals surface area contributed by atoms with Crippen LogP contribution in [0.25, 0.3) is 0 Å². The van der Waals surface area contributed by atoms with Gasteiger partial charge < -0.3 is 41.9 Å². The van der Waals surface area contributed by atoms with Gasteiger partial charge >= 0.3 is 0 Å². The highest BCUT2D eigenvalue weighted by molar-refractivity contribution is 6.06. The minimum atomic E-state index is -0.698. The summed E-state index contributed by atoms with van der Waals surface area (Å²) < 4.78 is 6.07. The van der Waals surface area contributed by atoms with E-state index in [2.05, 4.69) is 28.2 Å². The third-order valence-corrected chi connectivity index (χ3v) is 11.4. The van der Waals surface area contributed by atoms with E-state index in [1.165, 1.54) is 0 Å². The molecule has 1 aliphatic heterocycles. The third-order valence-electron chi connectivity index (χ3n) is 11.4. The molecule has 0 aromatic heterocycles. The Labute approximate surface area is 336 Å². The van der Waals surface area contributed by atoms with Crippen LogP contribution < -0.4 is 26.6 Å². The average Bonchev–Trinajstić information content (AvgIpc) is 3.83. The van der Waals surface area contributed by atoms with Crippen LogP contribution in [0, 0.1) is 17.3 Å². The molecule has 0 radical (unpaired) electrons. The molecule has 0 amide bonds. The molecule has 8 N–H and O–H groups in total. The lowest BCUT2D eigenvalue weighted by atomic mass is 9.80. The number of carbonyl (C=O) groups is 1. The first kappa shape index (κ1) is 41.5. The minimum absolute atomic E-state index is 0.00323. The topological polar surface area (TPSA) is 186 Å². The van der Waals surface area contributed by atoms with E-state index in [1.807, 2.05) is 37.4 Å². The standard InChI is InChI=1S/C47H56N4O6/c1-50-23-4-2-3-20-47(22-17-36(53)30-47)21-16-35(52)12-8-31-10-15-43(55)45(27-31)57-25-19-32-9-14-42(54)40(26-32)39-29-44(56)38-18-24-51-41(38)7-5-6-33-28-34(46(48)49)11-13-37(33)39/h9-11,13-16,18,21,24,26-28,36,39,46,50,53-56H,2-4,7-8,12,17,19-20,22-23,25,29-30,48-49H2,1H3/p-1/b21-16+,44-38?/t36-,39+,47-/m1/s1. The Morgan fingerprint density at radius 3 is 2.63 bits per heavy atom. The summed E-state index contributed by atoms with van der Waals surface area (Å²) in [5.41, 5.74) is 17.5. The van der Waals surface area contributed by atoms with Crippen LogP contribution in [0.1, 0.15) is 110 Å². The number of fused-ring (bicyclic) bond motifs is 2. The molecule has 0 saturated heterocycles. The summed E-state index contributed by atoms with van der Waals surface area (Å²) in [6.45, 7) is 1.23. The fraction of sp³-hybridized carbons (Fsp3) is 0.404. The fourth-order valence-electron chi connectivity index (χ4n) is 8.17. The third kappa shape index (κ3) is 10.8. The van der Waals surface area contributed by atoms with E-state index < -0.39 is 12.1 Å². The largest absolute Gasteiger partial charge is 0.875 e. The van der Waals surface area contributed by atoms with Gasteiger partial charge in [-0.1, -0.05) is 61.1 Å². The molecule has 10 heteroatoms. The molecule has 1 fully saturated rings. The quantitative estimate of drug-likeness (QED) is 0.0423. The minimum Gasteiger partial charge on any atom is -0.875 e. The van der Waals surface area contributed by atoms with E-state index in [0.29, 0.717) is 65.8 Å². The molecule has 10 nitrogen and oxygen atoms in total. The highest BCUT2D eigenvalue weighted by atomic mass is 16.5. The van der Waals surface area contributed by atoms with Crippen molar-refractivity contribution < 1.29 is 30.0 Å². The molecule has 3 atom stereocenters. The number of hydrogen-bond donors (Lipinski definition) is 6. The summed E-state index contributed by atoms with van der Waals surface area (Å²) in [6, 6.07) is 16.1. The molecule has 1 heterocycles. The van der Waals surface area contributed by atoms with Crippen LogP contribution in [0.15, 0.2) is 95.3 Å². The van der Waals surface area contributed by atoms with Crippen LogP contribution in [0.2, 0.25) is 0 Å². The molecule has 2 aliphatic carbocycles. The number of aromatic hydroxyl groups is 2. The number of phenolic OH excluding ortho intramolecular Hbond substituents is 2. The monoisotopic (exact) mass is 771 g/mol. The lowest BCUT2D eigenvalue weighted by Gasteiger charge is -2.27. The molecule has 300 valence electrons. The molecule has 1 saturated carbocycles. The van der Waals surface area contributed by atoms with Crippen LogP contribution in [-0.4, -0.2) is 53.1 Å². The number of ether oxygens (including phenoxy) is 1. The number of aliphatic imine (C=N–C) groups is 1. The van der Waals surface area contributed by atoms with E-state index in [4.69, 9.17) is 16.2 Å². The highest BCUT2D eigenvalue weighted by Crippen LogP contribution is 2.44. The van der Waals surface area contributed by atoms with E-state index in [9.17, 15) is 25.2 Å². The molecule has 0 bridgehead atoms. The van der Waals surface area contributed by atoms with Gasteiger partial charge in [0.05, 0.1) is 31.0 Å². The summed E-state index contributed by atoms with van der Waals surface area (Å²) in [5.74, 6) is 6.21. The normalized spacial score (nSPS) is 20.3. The van der Waals surface area contributed by atoms with Crippen molar-refractivity contribution >= 4 is 11.5 Å². The second-order valence-electron chi connectivity index (χ2n) is 15.6. The smallest absolute Gasteiger partial charge is 0.161 e. The van der Waals surface area contributed by atoms with Gasteiger partial charge in [0, 0.05) is 36.1 Å². The van der Waals surface area contributed by atoms with Crippen LogP contribution in [0.5, 0.6) is 17.2 Å². The Morgan fingerprint density at radius 1 is 1.05 bits per heavy atom. The molecule has 3 aliphatic rings. The van der Waals surface area contributed by atoms with Crippen molar-refractivity contribution in [1.82, 2.24) is 5.32 Å². The number of hydrogen-bond acceptors (Lipinski definition) is 10. The highest BCUT2D eigenvalue weighted by Gasteiger charge is 2.36. The Kier molecular flexibility index (Phi) is 14.0. The molecule has 0 spiro atoms. The molecular weight excluding hydrogens is 717 g/mol. The number of nitrogens with zero attached hydrogens (tertiary/aromatic N) is 1. The van der Waals surface area contributed by atoms with Crippen molar-refractivity contribution in [2.45, 2.75) is 95.2 Å². The fourth-order valence-corrected chi connectivity index (χ4v) is 8.17. The van der Waals surface area contributed by atoms with E-state index in [1.54, 1.807) is 42.6 Å². The van der Waals surface area contributed by atoms with Crippen molar-refractivity contribution in [2.75, 3.05) is 20.2 Å². The maximum Gasteiger partial charge on any atom is 0.161 e. The predicted molar refractivity (Wildman–Crippen MR) is 222 cm³/mol. The molecular formula is C47H55N4O6-. The molecule has 3 aromatic rings. The van der Waals surface area contributed by atoms with Gasteiger partial charge in [0.15, 0.2) is 17.3 Å². The number of phenols is 2. The van der Waals surface area contributed by atoms with Crippen LogP contribution >= 0.6 is 0 Å². The Bertz CT molecular complexity index is 2110. The number of benzene rings is 3. The van der Waals surface area contributed by atoms with Gasteiger partial charge in [-0.3, -0.25) is 9.79 Å². The number of carbonyl (C=O) groups excluding carboxylic acids is 1. The first-order chi connectivity index (χ1) is 27.5. The molecule has 3 aromatic carbocycles. The molecule has 0 unspecified atom stereocenters. The zero-order valence-electron chi connectivity index (χ0n) is 32.8. The number of aliphatic hydroxyl groups is 1. The van der Waals surface area contributed by atoms with Gasteiger partial charge in [0.2, 0.25) is 0 Å². The van der Waals surface area contributed by atoms with Crippen molar-refractivity contribution in [1.29, 1.82) is 0 Å². The Morgan fingerprint density at radius 2 is 1.86 bits per heavy atom. The molecule has 57 heavy (non-hydrogen) atoms. The zero-order chi connectivity index (χ0) is 40.4. The summed E-state index contributed by atoms with van der Waals surface area (Å²) in [6.07, 6.45) is 14.4. The number of unbranched alkanes of at least 4 members (excludes halogenated alkanes) is 2. The SMILES string of the molecule is CNCCCCC[C@@]1(/C=C/C(=O)CCc2ccc(O)c(OCCc3ccc(O)c([C@H]4CC([O-])=C5C=CN=C5CC#Cc5cc(C(N)N)ccc54)c3)c2)CC[C@@H](O)C1. The van der Waals surface area contributed by atoms with Gasteiger partial charge in [-0.2, -0.15) is 0 Å². The first-order valence-electron chi connectivity index (χ1n) is 20.1. The Balaban J connectivity index is 1.11. The van der Waals surface area contributed by atoms with Gasteiger partial charge in [0.1, 0.15) is 5.75 Å². The lowest BCUT2D eigenvalue weighted by molar-refractivity contribution is -0.307. The van der Waals surface area contributed by atoms with Gasteiger partial charge in [-0.15, -0.1) is 5.76 Å². The van der Waals surface area contributed by atoms with E-state index >= 15 is 0 Å². The summed E-state index contributed by atoms with van der Waals surface area (Å²) in [7, 11) is 1.96. The van der Waals surface area contributed by atoms with Crippen molar-refractivity contribution in [3.63, 3.8) is 0 Å². The van der Waals surface area contributed by atoms with Crippen LogP contribution in [0.3, 0.4) is 0 Å². The summed E-state index contributed by atoms with van der Waals surface area (Å²) in [5, 5.41) is 49.0. The number of aliphatic hydroxyl groups excluding tert-OH is 1. The summed E-state index contributed by atoms with van der Waals surface area (Å²) in [4.78, 5) is 17.4. The first-order valence-corrected chi connectivity index (χ1v) is 20.1. The van der Waals surface area contributed by atoms with Crippen molar-refractivity contribution in [2.24, 2.45) is 21.9 Å². The van der Waals surface area contributed by atoms with E-state index in [-0.39, 0.29) is 47.6 Å². The Hall–Kier alpha value is -5.18. The van der Waals surface area contributed by atoms with Crippen LogP contribution in [0.4, 0.5) is 0 Å². The number of nitrogens with two attached hydrogens (primary N) is 2. The number of allylic oxidation sites excluding steroid dienone is 5. The average molecular weight is 772 g/mol. The lowest BCUT2D eigenvalue weighted by Crippen LogP contribution is -2.21. The number of nitrogens with one attached hydrogen (secondary N) is 1. The summed E-state index contributed by atoms with van der Waals surface area (Å²) >= 11 is 0. The van der Waals surface area contributed by atoms with Crippen molar-refractivity contribution in [3.8, 4) is 29.1 Å². The second kappa shape index (κ2) is 19.3. The predicted octanol–water partition coefficient (Wildman–Crippen LogP) is 5.86. The zero-order valence-corrected chi connectivity index (χ0v) is 32.8. The second-order valence-corrected chi connectivity index (χ2v) is 15.6. The van der Waals surface area contributed by atoms with Crippen LogP contribution in [-0.2, 0) is 17.6 Å². The molecule has 6 rings (SSSR count). The van der Waals surface area contributed by atoms with E-state index in [0.717, 1.165) is 61.8 Å².